The maximum atomic E-state index is 13.6. The van der Waals surface area contributed by atoms with Crippen LogP contribution in [0.1, 0.15) is 333 Å². The van der Waals surface area contributed by atoms with Crippen LogP contribution in [0.5, 0.6) is 0 Å². The van der Waals surface area contributed by atoms with E-state index in [2.05, 4.69) is 457 Å². The molecule has 140 heavy (non-hydrogen) atoms. The Hall–Kier alpha value is -12.4. The van der Waals surface area contributed by atoms with Crippen LogP contribution in [0.2, 0.25) is 0 Å². The van der Waals surface area contributed by atoms with Crippen molar-refractivity contribution in [1.82, 2.24) is 0 Å². The zero-order valence-electron chi connectivity index (χ0n) is 89.1. The summed E-state index contributed by atoms with van der Waals surface area (Å²) in [6, 6.07) is 104. The molecule has 0 aliphatic heterocycles. The fourth-order valence-corrected chi connectivity index (χ4v) is 20.0. The molecule has 0 fully saturated rings. The summed E-state index contributed by atoms with van der Waals surface area (Å²) >= 11 is 0. The van der Waals surface area contributed by atoms with Crippen LogP contribution in [0.25, 0.3) is 89.0 Å². The van der Waals surface area contributed by atoms with Gasteiger partial charge >= 0.3 is 0 Å². The quantitative estimate of drug-likeness (QED) is 0.118. The average molecular weight is 1860 g/mol. The molecule has 0 amide bonds. The van der Waals surface area contributed by atoms with Crippen LogP contribution in [0.15, 0.2) is 291 Å². The van der Waals surface area contributed by atoms with Crippen molar-refractivity contribution in [2.24, 2.45) is 0 Å². The van der Waals surface area contributed by atoms with Crippen LogP contribution in [0.4, 0.5) is 0 Å². The molecule has 8 nitrogen and oxygen atoms in total. The first-order valence-corrected chi connectivity index (χ1v) is 49.6. The molecule has 0 aromatic heterocycles. The molecule has 4 N–H and O–H groups in total. The number of aliphatic hydroxyl groups is 4. The maximum Gasteiger partial charge on any atom is 0.142 e. The molecule has 0 atom stereocenters. The Kier molecular flexibility index (Phi) is 28.9. The first-order valence-electron chi connectivity index (χ1n) is 49.6. The van der Waals surface area contributed by atoms with E-state index in [9.17, 15) is 39.6 Å². The fraction of sp³-hybridized carbons (Fsp3) is 0.333. The van der Waals surface area contributed by atoms with Gasteiger partial charge in [-0.05, 0) is 232 Å². The zero-order valence-corrected chi connectivity index (χ0v) is 89.1. The monoisotopic (exact) mass is 1860 g/mol. The van der Waals surface area contributed by atoms with E-state index in [0.29, 0.717) is 0 Å². The highest BCUT2D eigenvalue weighted by Crippen LogP contribution is 2.61. The smallest absolute Gasteiger partial charge is 0.142 e. The molecule has 0 saturated heterocycles. The van der Waals surface area contributed by atoms with Gasteiger partial charge < -0.3 is 39.6 Å². The van der Waals surface area contributed by atoms with Gasteiger partial charge in [0.25, 0.3) is 0 Å². The summed E-state index contributed by atoms with van der Waals surface area (Å²) in [5, 5.41) is 54.3. The number of rotatable bonds is 8. The second-order valence-electron chi connectivity index (χ2n) is 47.9. The number of fused-ring (bicyclic) bond motifs is 12. The van der Waals surface area contributed by atoms with Crippen LogP contribution >= 0.6 is 0 Å². The summed E-state index contributed by atoms with van der Waals surface area (Å²) in [5.41, 5.74) is 30.8. The normalized spacial score (nSPS) is 14.2. The SMILES string of the molecule is CC(C)(C)c1ccc2c(c1)C(O)(c1ccccc1-c1ccc(-c3ccccc3C3(O)c4cc(C(C)(C)C)ccc4-c4ccc(C(C)(C)C)cc43)cc1)c1cc(C(C)(C)C)ccc1-2.CC(C)(C)c1ccc2c(c1)C(O)(c1ccccc1-c1ccc(-c3ccccc3C3(O)c4cc(C(C)(C)C)ccc4-c4ccc(C(C)(C)C)cc43)cc1)c1cc(C(C)(C)C)ccc1-2.CC(C)=O.CC(C)=O.CC(C)=O.CC(C)=O. The third-order valence-corrected chi connectivity index (χ3v) is 27.6. The number of Topliss-reactive ketones (excluding diaryl/α,β-unsaturated/α-hetero) is 4. The van der Waals surface area contributed by atoms with Gasteiger partial charge in [-0.15, -0.1) is 0 Å². The van der Waals surface area contributed by atoms with Crippen molar-refractivity contribution >= 4 is 23.1 Å². The van der Waals surface area contributed by atoms with Gasteiger partial charge in [0.15, 0.2) is 0 Å². The Labute approximate surface area is 836 Å². The van der Waals surface area contributed by atoms with E-state index in [1.54, 1.807) is 0 Å². The Bertz CT molecular complexity index is 5960. The van der Waals surface area contributed by atoms with Gasteiger partial charge in [0, 0.05) is 66.8 Å². The van der Waals surface area contributed by atoms with Crippen molar-refractivity contribution in [3.63, 3.8) is 0 Å². The van der Waals surface area contributed by atoms with E-state index >= 15 is 0 Å². The minimum atomic E-state index is -1.38. The second-order valence-corrected chi connectivity index (χ2v) is 47.9. The Balaban J connectivity index is 0.000000204. The first-order chi connectivity index (χ1) is 65.0. The molecule has 14 aromatic rings. The van der Waals surface area contributed by atoms with Gasteiger partial charge in [-0.1, -0.05) is 457 Å². The van der Waals surface area contributed by atoms with E-state index in [4.69, 9.17) is 0 Å². The predicted molar refractivity (Wildman–Crippen MR) is 586 cm³/mol. The molecular formula is C132H148O8. The number of hydrogen-bond donors (Lipinski definition) is 4. The molecule has 0 unspecified atom stereocenters. The largest absolute Gasteiger partial charge is 0.376 e. The van der Waals surface area contributed by atoms with Crippen molar-refractivity contribution < 1.29 is 39.6 Å². The summed E-state index contributed by atoms with van der Waals surface area (Å²) in [6.07, 6.45) is 0. The molecule has 0 heterocycles. The van der Waals surface area contributed by atoms with Gasteiger partial charge in [-0.2, -0.15) is 0 Å². The third-order valence-electron chi connectivity index (χ3n) is 27.6. The van der Waals surface area contributed by atoms with E-state index in [0.717, 1.165) is 156 Å². The molecule has 0 bridgehead atoms. The molecule has 14 aromatic carbocycles. The number of carbonyl (C=O) groups excluding carboxylic acids is 4. The molecule has 0 saturated carbocycles. The van der Waals surface area contributed by atoms with Crippen LogP contribution in [-0.4, -0.2) is 43.6 Å². The van der Waals surface area contributed by atoms with E-state index in [1.807, 2.05) is 0 Å². The highest BCUT2D eigenvalue weighted by atomic mass is 16.3. The van der Waals surface area contributed by atoms with Crippen molar-refractivity contribution in [3.05, 3.63) is 402 Å². The lowest BCUT2D eigenvalue weighted by Crippen LogP contribution is -2.28. The minimum absolute atomic E-state index is 0.0908. The Morgan fingerprint density at radius 2 is 0.264 bits per heavy atom. The number of ketones is 4. The van der Waals surface area contributed by atoms with Crippen LogP contribution < -0.4 is 0 Å². The van der Waals surface area contributed by atoms with Crippen molar-refractivity contribution in [2.45, 2.75) is 287 Å². The van der Waals surface area contributed by atoms with Crippen LogP contribution in [0.3, 0.4) is 0 Å². The molecule has 8 heteroatoms. The minimum Gasteiger partial charge on any atom is -0.376 e. The number of carbonyl (C=O) groups is 4. The molecule has 0 spiro atoms. The van der Waals surface area contributed by atoms with Crippen molar-refractivity contribution in [3.8, 4) is 89.0 Å². The Morgan fingerprint density at radius 1 is 0.157 bits per heavy atom. The van der Waals surface area contributed by atoms with Gasteiger partial charge in [-0.25, -0.2) is 0 Å². The number of benzene rings is 14. The molecule has 724 valence electrons. The molecule has 18 rings (SSSR count). The van der Waals surface area contributed by atoms with Gasteiger partial charge in [0.05, 0.1) is 0 Å². The van der Waals surface area contributed by atoms with Crippen molar-refractivity contribution in [1.29, 1.82) is 0 Å². The van der Waals surface area contributed by atoms with Gasteiger partial charge in [-0.3, -0.25) is 0 Å². The summed E-state index contributed by atoms with van der Waals surface area (Å²) < 4.78 is 0. The lowest BCUT2D eigenvalue weighted by atomic mass is 9.76. The Morgan fingerprint density at radius 3 is 0.371 bits per heavy atom. The second kappa shape index (κ2) is 38.6. The predicted octanol–water partition coefficient (Wildman–Crippen LogP) is 31.9. The third kappa shape index (κ3) is 20.6. The first kappa shape index (κ1) is 105. The van der Waals surface area contributed by atoms with E-state index in [1.165, 1.54) is 99.9 Å². The number of hydrogen-bond acceptors (Lipinski definition) is 8. The summed E-state index contributed by atoms with van der Waals surface area (Å²) in [7, 11) is 0. The molecule has 0 radical (unpaired) electrons. The maximum absolute atomic E-state index is 13.6. The molecular weight excluding hydrogens is 1710 g/mol. The lowest BCUT2D eigenvalue weighted by Gasteiger charge is -2.32. The van der Waals surface area contributed by atoms with Crippen LogP contribution in [0, 0.1) is 0 Å². The fourth-order valence-electron chi connectivity index (χ4n) is 20.0. The molecule has 4 aliphatic rings. The molecule has 4 aliphatic carbocycles. The average Bonchev–Trinajstić information content (AvgIpc) is 1.56. The summed E-state index contributed by atoms with van der Waals surface area (Å²) in [4.78, 5) is 37.8. The highest BCUT2D eigenvalue weighted by Gasteiger charge is 2.51. The van der Waals surface area contributed by atoms with E-state index < -0.39 is 22.4 Å². The summed E-state index contributed by atoms with van der Waals surface area (Å²) in [5.74, 6) is 0.667. The standard InChI is InChI=1S/2C60H62O2.4C3H6O/c2*1-55(2,3)39-25-29-45-46-30-26-40(56(4,5)6)34-52(46)59(61,51(45)33-39)49-19-15-13-17-43(49)37-21-23-38(24-22-37)44-18-14-16-20-50(44)60(62)53-35-41(57(7,8)9)27-31-47(53)48-32-28-42(36-54(48)60)58(10,11)12;4*1-3(2)4/h2*13-36,61-62H,1-12H3;4*1-2H3. The zero-order chi connectivity index (χ0) is 103. The van der Waals surface area contributed by atoms with Crippen LogP contribution in [-0.2, 0) is 84.9 Å². The van der Waals surface area contributed by atoms with Crippen molar-refractivity contribution in [2.75, 3.05) is 0 Å². The van der Waals surface area contributed by atoms with Gasteiger partial charge in [0.2, 0.25) is 0 Å². The summed E-state index contributed by atoms with van der Waals surface area (Å²) in [6.45, 7) is 65.8. The lowest BCUT2D eigenvalue weighted by molar-refractivity contribution is -0.115. The topological polar surface area (TPSA) is 149 Å². The van der Waals surface area contributed by atoms with E-state index in [-0.39, 0.29) is 66.5 Å². The van der Waals surface area contributed by atoms with Gasteiger partial charge in [0.1, 0.15) is 45.5 Å². The highest BCUT2D eigenvalue weighted by molar-refractivity contribution is 5.92.